The third kappa shape index (κ3) is 5.12. The maximum atomic E-state index is 14.2. The van der Waals surface area contributed by atoms with Crippen LogP contribution < -0.4 is 10.2 Å². The number of hydrogen-bond acceptors (Lipinski definition) is 6. The third-order valence-corrected chi connectivity index (χ3v) is 6.61. The highest BCUT2D eigenvalue weighted by molar-refractivity contribution is 6.02. The highest BCUT2D eigenvalue weighted by Gasteiger charge is 2.34. The topological polar surface area (TPSA) is 106 Å². The molecule has 0 aliphatic carbocycles. The summed E-state index contributed by atoms with van der Waals surface area (Å²) in [6.07, 6.45) is 3.22. The van der Waals surface area contributed by atoms with E-state index in [0.29, 0.717) is 23.4 Å². The van der Waals surface area contributed by atoms with Gasteiger partial charge in [0.1, 0.15) is 12.1 Å². The summed E-state index contributed by atoms with van der Waals surface area (Å²) in [6.45, 7) is 0.164. The van der Waals surface area contributed by atoms with Crippen LogP contribution in [0.3, 0.4) is 0 Å². The number of benzene rings is 3. The lowest BCUT2D eigenvalue weighted by atomic mass is 10.1. The number of pyridine rings is 2. The molecule has 0 radical (unpaired) electrons. The molecule has 3 aromatic heterocycles. The van der Waals surface area contributed by atoms with Gasteiger partial charge in [0.05, 0.1) is 28.6 Å². The van der Waals surface area contributed by atoms with Gasteiger partial charge in [-0.25, -0.2) is 4.68 Å². The Labute approximate surface area is 230 Å². The molecule has 3 aromatic carbocycles. The molecule has 0 bridgehead atoms. The van der Waals surface area contributed by atoms with E-state index < -0.39 is 6.04 Å². The van der Waals surface area contributed by atoms with Crippen molar-refractivity contribution in [3.05, 3.63) is 127 Å². The van der Waals surface area contributed by atoms with Crippen LogP contribution in [0.4, 0.5) is 5.69 Å². The zero-order valence-electron chi connectivity index (χ0n) is 21.5. The lowest BCUT2D eigenvalue weighted by Gasteiger charge is -2.31. The Morgan fingerprint density at radius 1 is 0.825 bits per heavy atom. The predicted octanol–water partition coefficient (Wildman–Crippen LogP) is 4.47. The number of para-hydroxylation sites is 2. The molecule has 9 nitrogen and oxygen atoms in total. The molecule has 196 valence electrons. The Kier molecular flexibility index (Phi) is 6.92. The first-order valence-electron chi connectivity index (χ1n) is 12.8. The Bertz CT molecular complexity index is 1790. The van der Waals surface area contributed by atoms with E-state index in [1.165, 1.54) is 9.58 Å². The summed E-state index contributed by atoms with van der Waals surface area (Å²) in [5.41, 5.74) is 4.02. The van der Waals surface area contributed by atoms with E-state index in [0.717, 1.165) is 22.0 Å². The molecule has 6 rings (SSSR count). The number of amides is 2. The smallest absolute Gasteiger partial charge is 0.249 e. The largest absolute Gasteiger partial charge is 0.350 e. The summed E-state index contributed by atoms with van der Waals surface area (Å²) in [7, 11) is 0. The Morgan fingerprint density at radius 2 is 1.57 bits per heavy atom. The first-order chi connectivity index (χ1) is 19.7. The molecule has 2 amide bonds. The number of nitrogens with one attached hydrogen (secondary N) is 1. The standard InChI is InChI=1S/C31H25N7O2/c39-29(21-37-28-16-7-6-14-26(28)35-36-37)38(24-18-23-12-4-5-13-25(23)33-20-24)30(27-15-8-9-17-32-27)31(40)34-19-22-10-2-1-3-11-22/h1-18,20,30H,19,21H2,(H,34,40)/t30-/m0/s1. The van der Waals surface area contributed by atoms with Crippen LogP contribution in [0.1, 0.15) is 17.3 Å². The van der Waals surface area contributed by atoms with Gasteiger partial charge < -0.3 is 5.32 Å². The van der Waals surface area contributed by atoms with Crippen molar-refractivity contribution in [3.63, 3.8) is 0 Å². The Balaban J connectivity index is 1.43. The zero-order chi connectivity index (χ0) is 27.3. The van der Waals surface area contributed by atoms with E-state index in [1.807, 2.05) is 84.9 Å². The van der Waals surface area contributed by atoms with Gasteiger partial charge in [-0.15, -0.1) is 5.10 Å². The van der Waals surface area contributed by atoms with Gasteiger partial charge in [-0.2, -0.15) is 0 Å². The minimum absolute atomic E-state index is 0.136. The summed E-state index contributed by atoms with van der Waals surface area (Å²) in [4.78, 5) is 38.6. The van der Waals surface area contributed by atoms with Crippen LogP contribution in [-0.4, -0.2) is 36.8 Å². The van der Waals surface area contributed by atoms with Crippen molar-refractivity contribution in [3.8, 4) is 0 Å². The van der Waals surface area contributed by atoms with E-state index in [9.17, 15) is 9.59 Å². The first kappa shape index (κ1) is 24.9. The highest BCUT2D eigenvalue weighted by Crippen LogP contribution is 2.29. The number of anilines is 1. The monoisotopic (exact) mass is 527 g/mol. The van der Waals surface area contributed by atoms with Gasteiger partial charge in [0.25, 0.3) is 0 Å². The normalized spacial score (nSPS) is 11.8. The van der Waals surface area contributed by atoms with E-state index >= 15 is 0 Å². The van der Waals surface area contributed by atoms with Gasteiger partial charge >= 0.3 is 0 Å². The van der Waals surface area contributed by atoms with Crippen molar-refractivity contribution in [2.45, 2.75) is 19.1 Å². The van der Waals surface area contributed by atoms with Crippen LogP contribution in [-0.2, 0) is 22.7 Å². The molecule has 0 saturated carbocycles. The van der Waals surface area contributed by atoms with Crippen molar-refractivity contribution >= 4 is 39.4 Å². The van der Waals surface area contributed by atoms with E-state index in [4.69, 9.17) is 0 Å². The van der Waals surface area contributed by atoms with Gasteiger partial charge in [-0.1, -0.05) is 71.9 Å². The number of carbonyl (C=O) groups excluding carboxylic acids is 2. The van der Waals surface area contributed by atoms with E-state index in [2.05, 4.69) is 25.6 Å². The molecule has 3 heterocycles. The van der Waals surface area contributed by atoms with Crippen LogP contribution in [0.2, 0.25) is 0 Å². The highest BCUT2D eigenvalue weighted by atomic mass is 16.2. The second kappa shape index (κ2) is 11.1. The average Bonchev–Trinajstić information content (AvgIpc) is 3.41. The molecule has 0 aliphatic heterocycles. The van der Waals surface area contributed by atoms with Gasteiger partial charge in [0, 0.05) is 18.1 Å². The van der Waals surface area contributed by atoms with E-state index in [1.54, 1.807) is 30.6 Å². The van der Waals surface area contributed by atoms with Gasteiger partial charge in [0.15, 0.2) is 6.04 Å². The average molecular weight is 528 g/mol. The van der Waals surface area contributed by atoms with Crippen molar-refractivity contribution in [1.82, 2.24) is 30.3 Å². The number of hydrogen-bond donors (Lipinski definition) is 1. The summed E-state index contributed by atoms with van der Waals surface area (Å²) < 4.78 is 1.54. The molecular weight excluding hydrogens is 502 g/mol. The maximum Gasteiger partial charge on any atom is 0.249 e. The second-order valence-corrected chi connectivity index (χ2v) is 9.25. The molecule has 0 spiro atoms. The maximum absolute atomic E-state index is 14.2. The minimum Gasteiger partial charge on any atom is -0.350 e. The predicted molar refractivity (Wildman–Crippen MR) is 152 cm³/mol. The fourth-order valence-electron chi connectivity index (χ4n) is 4.67. The summed E-state index contributed by atoms with van der Waals surface area (Å²) >= 11 is 0. The quantitative estimate of drug-likeness (QED) is 0.313. The molecule has 0 saturated heterocycles. The summed E-state index contributed by atoms with van der Waals surface area (Å²) in [6, 6.07) is 30.8. The number of aromatic nitrogens is 5. The summed E-state index contributed by atoms with van der Waals surface area (Å²) in [5.74, 6) is -0.731. The SMILES string of the molecule is O=C(NCc1ccccc1)[C@H](c1ccccn1)N(C(=O)Cn1nnc2ccccc21)c1cnc2ccccc2c1. The number of rotatable bonds is 8. The fraction of sp³-hybridized carbons (Fsp3) is 0.0968. The number of nitrogens with zero attached hydrogens (tertiary/aromatic N) is 6. The van der Waals surface area contributed by atoms with Crippen molar-refractivity contribution in [2.24, 2.45) is 0 Å². The fourth-order valence-corrected chi connectivity index (χ4v) is 4.67. The third-order valence-electron chi connectivity index (χ3n) is 6.61. The number of carbonyl (C=O) groups is 2. The second-order valence-electron chi connectivity index (χ2n) is 9.25. The lowest BCUT2D eigenvalue weighted by Crippen LogP contribution is -2.45. The van der Waals surface area contributed by atoms with Crippen LogP contribution in [0.5, 0.6) is 0 Å². The Morgan fingerprint density at radius 3 is 2.40 bits per heavy atom. The molecule has 9 heteroatoms. The molecular formula is C31H25N7O2. The van der Waals surface area contributed by atoms with Crippen LogP contribution in [0.15, 0.2) is 116 Å². The van der Waals surface area contributed by atoms with Gasteiger partial charge in [-0.3, -0.25) is 24.5 Å². The van der Waals surface area contributed by atoms with E-state index in [-0.39, 0.29) is 18.4 Å². The molecule has 0 fully saturated rings. The van der Waals surface area contributed by atoms with Crippen molar-refractivity contribution < 1.29 is 9.59 Å². The van der Waals surface area contributed by atoms with Crippen molar-refractivity contribution in [1.29, 1.82) is 0 Å². The van der Waals surface area contributed by atoms with Crippen molar-refractivity contribution in [2.75, 3.05) is 4.90 Å². The first-order valence-corrected chi connectivity index (χ1v) is 12.8. The van der Waals surface area contributed by atoms with Crippen LogP contribution in [0, 0.1) is 0 Å². The van der Waals surface area contributed by atoms with Gasteiger partial charge in [0.2, 0.25) is 11.8 Å². The van der Waals surface area contributed by atoms with Crippen LogP contribution in [0.25, 0.3) is 21.9 Å². The van der Waals surface area contributed by atoms with Crippen LogP contribution >= 0.6 is 0 Å². The molecule has 6 aromatic rings. The molecule has 0 aliphatic rings. The minimum atomic E-state index is -1.06. The van der Waals surface area contributed by atoms with Gasteiger partial charge in [-0.05, 0) is 42.0 Å². The number of fused-ring (bicyclic) bond motifs is 2. The molecule has 1 N–H and O–H groups in total. The Hall–Kier alpha value is -5.44. The lowest BCUT2D eigenvalue weighted by molar-refractivity contribution is -0.127. The molecule has 1 atom stereocenters. The zero-order valence-corrected chi connectivity index (χ0v) is 21.5. The molecule has 0 unspecified atom stereocenters. The summed E-state index contributed by atoms with van der Waals surface area (Å²) in [5, 5.41) is 12.2. The molecule has 40 heavy (non-hydrogen) atoms.